The van der Waals surface area contributed by atoms with Crippen LogP contribution < -0.4 is 4.74 Å². The molecule has 82 valence electrons. The smallest absolute Gasteiger partial charge is 0.159 e. The molecular weight excluding hydrogens is 188 g/mol. The summed E-state index contributed by atoms with van der Waals surface area (Å²) in [4.78, 5) is 11.2. The Morgan fingerprint density at radius 1 is 1.47 bits per heavy atom. The highest BCUT2D eigenvalue weighted by molar-refractivity contribution is 5.94. The molecule has 0 saturated carbocycles. The van der Waals surface area contributed by atoms with Crippen molar-refractivity contribution in [2.45, 2.75) is 33.1 Å². The summed E-state index contributed by atoms with van der Waals surface area (Å²) in [5, 5.41) is 0. The van der Waals surface area contributed by atoms with Gasteiger partial charge in [0, 0.05) is 5.56 Å². The Hall–Kier alpha value is -1.31. The van der Waals surface area contributed by atoms with Crippen molar-refractivity contribution in [1.29, 1.82) is 0 Å². The maximum Gasteiger partial charge on any atom is 0.159 e. The highest BCUT2D eigenvalue weighted by atomic mass is 16.5. The van der Waals surface area contributed by atoms with Crippen molar-refractivity contribution >= 4 is 5.78 Å². The lowest BCUT2D eigenvalue weighted by Crippen LogP contribution is -2.00. The molecule has 0 bridgehead atoms. The third kappa shape index (κ3) is 2.58. The molecule has 0 fully saturated rings. The van der Waals surface area contributed by atoms with Crippen molar-refractivity contribution in [3.8, 4) is 5.75 Å². The molecule has 1 rings (SSSR count). The number of ketones is 1. The first kappa shape index (κ1) is 11.8. The molecule has 0 aliphatic heterocycles. The highest BCUT2D eigenvalue weighted by Gasteiger charge is 2.11. The van der Waals surface area contributed by atoms with E-state index in [9.17, 15) is 4.79 Å². The van der Waals surface area contributed by atoms with E-state index in [1.165, 1.54) is 5.56 Å². The van der Waals surface area contributed by atoms with Gasteiger partial charge in [-0.25, -0.2) is 0 Å². The van der Waals surface area contributed by atoms with E-state index in [0.29, 0.717) is 11.5 Å². The maximum atomic E-state index is 11.2. The average Bonchev–Trinajstić information content (AvgIpc) is 2.27. The Morgan fingerprint density at radius 2 is 2.13 bits per heavy atom. The summed E-state index contributed by atoms with van der Waals surface area (Å²) in [5.74, 6) is 1.35. The van der Waals surface area contributed by atoms with Crippen LogP contribution >= 0.6 is 0 Å². The minimum absolute atomic E-state index is 0.0731. The van der Waals surface area contributed by atoms with Crippen LogP contribution in [0.15, 0.2) is 18.2 Å². The molecule has 2 nitrogen and oxygen atoms in total. The first-order valence-electron chi connectivity index (χ1n) is 5.29. The summed E-state index contributed by atoms with van der Waals surface area (Å²) in [5.41, 5.74) is 1.88. The average molecular weight is 206 g/mol. The molecule has 15 heavy (non-hydrogen) atoms. The third-order valence-electron chi connectivity index (χ3n) is 2.78. The van der Waals surface area contributed by atoms with Crippen molar-refractivity contribution in [3.05, 3.63) is 29.3 Å². The van der Waals surface area contributed by atoms with E-state index < -0.39 is 0 Å². The van der Waals surface area contributed by atoms with E-state index in [-0.39, 0.29) is 5.78 Å². The Bertz CT molecular complexity index is 356. The number of methoxy groups -OCH3 is 1. The number of rotatable bonds is 4. The van der Waals surface area contributed by atoms with Crippen LogP contribution in [0.1, 0.15) is 49.0 Å². The summed E-state index contributed by atoms with van der Waals surface area (Å²) in [6, 6.07) is 5.68. The third-order valence-corrected chi connectivity index (χ3v) is 2.78. The molecule has 0 spiro atoms. The summed E-state index contributed by atoms with van der Waals surface area (Å²) < 4.78 is 5.31. The van der Waals surface area contributed by atoms with E-state index >= 15 is 0 Å². The van der Waals surface area contributed by atoms with Crippen LogP contribution in [-0.4, -0.2) is 12.9 Å². The molecule has 1 aromatic carbocycles. The molecule has 0 radical (unpaired) electrons. The fourth-order valence-electron chi connectivity index (χ4n) is 1.56. The first-order chi connectivity index (χ1) is 7.10. The van der Waals surface area contributed by atoms with E-state index in [2.05, 4.69) is 13.8 Å². The van der Waals surface area contributed by atoms with Crippen LogP contribution in [0.2, 0.25) is 0 Å². The summed E-state index contributed by atoms with van der Waals surface area (Å²) in [6.07, 6.45) is 1.07. The Labute approximate surface area is 91.3 Å². The van der Waals surface area contributed by atoms with Gasteiger partial charge in [-0.05, 0) is 30.9 Å². The monoisotopic (exact) mass is 206 g/mol. The first-order valence-corrected chi connectivity index (χ1v) is 5.29. The van der Waals surface area contributed by atoms with E-state index in [0.717, 1.165) is 12.2 Å². The minimum atomic E-state index is 0.0731. The SMILES string of the molecule is CCC(C)c1ccc(C(C)=O)cc1OC. The van der Waals surface area contributed by atoms with Gasteiger partial charge < -0.3 is 4.74 Å². The van der Waals surface area contributed by atoms with Crippen LogP contribution in [0.4, 0.5) is 0 Å². The zero-order valence-electron chi connectivity index (χ0n) is 9.83. The second kappa shape index (κ2) is 4.96. The summed E-state index contributed by atoms with van der Waals surface area (Å²) >= 11 is 0. The quantitative estimate of drug-likeness (QED) is 0.706. The Morgan fingerprint density at radius 3 is 2.60 bits per heavy atom. The van der Waals surface area contributed by atoms with Crippen molar-refractivity contribution in [2.75, 3.05) is 7.11 Å². The van der Waals surface area contributed by atoms with Crippen LogP contribution in [0.25, 0.3) is 0 Å². The van der Waals surface area contributed by atoms with Gasteiger partial charge in [-0.15, -0.1) is 0 Å². The second-order valence-corrected chi connectivity index (χ2v) is 3.82. The molecule has 0 aliphatic carbocycles. The van der Waals surface area contributed by atoms with Gasteiger partial charge in [0.05, 0.1) is 7.11 Å². The standard InChI is InChI=1S/C13H18O2/c1-5-9(2)12-7-6-11(10(3)14)8-13(12)15-4/h6-9H,5H2,1-4H3. The molecule has 1 unspecified atom stereocenters. The molecule has 0 aliphatic rings. The van der Waals surface area contributed by atoms with Gasteiger partial charge in [-0.3, -0.25) is 4.79 Å². The molecule has 0 saturated heterocycles. The molecule has 0 aromatic heterocycles. The van der Waals surface area contributed by atoms with Crippen LogP contribution in [-0.2, 0) is 0 Å². The van der Waals surface area contributed by atoms with Crippen LogP contribution in [0.5, 0.6) is 5.75 Å². The number of carbonyl (C=O) groups is 1. The Balaban J connectivity index is 3.14. The van der Waals surface area contributed by atoms with E-state index in [1.807, 2.05) is 18.2 Å². The van der Waals surface area contributed by atoms with Crippen molar-refractivity contribution in [2.24, 2.45) is 0 Å². The largest absolute Gasteiger partial charge is 0.496 e. The van der Waals surface area contributed by atoms with Gasteiger partial charge in [-0.1, -0.05) is 26.0 Å². The number of benzene rings is 1. The number of hydrogen-bond donors (Lipinski definition) is 0. The van der Waals surface area contributed by atoms with Crippen LogP contribution in [0.3, 0.4) is 0 Å². The molecule has 1 aromatic rings. The highest BCUT2D eigenvalue weighted by Crippen LogP contribution is 2.29. The normalized spacial score (nSPS) is 12.3. The van der Waals surface area contributed by atoms with E-state index in [1.54, 1.807) is 14.0 Å². The molecular formula is C13H18O2. The zero-order valence-corrected chi connectivity index (χ0v) is 9.83. The maximum absolute atomic E-state index is 11.2. The van der Waals surface area contributed by atoms with Crippen molar-refractivity contribution < 1.29 is 9.53 Å². The predicted octanol–water partition coefficient (Wildman–Crippen LogP) is 3.41. The van der Waals surface area contributed by atoms with Crippen molar-refractivity contribution in [3.63, 3.8) is 0 Å². The van der Waals surface area contributed by atoms with Crippen molar-refractivity contribution in [1.82, 2.24) is 0 Å². The van der Waals surface area contributed by atoms with Gasteiger partial charge in [0.15, 0.2) is 5.78 Å². The van der Waals surface area contributed by atoms with Gasteiger partial charge in [0.2, 0.25) is 0 Å². The number of hydrogen-bond acceptors (Lipinski definition) is 2. The molecule has 1 atom stereocenters. The lowest BCUT2D eigenvalue weighted by atomic mass is 9.96. The summed E-state index contributed by atoms with van der Waals surface area (Å²) in [6.45, 7) is 5.87. The van der Waals surface area contributed by atoms with E-state index in [4.69, 9.17) is 4.74 Å². The van der Waals surface area contributed by atoms with Gasteiger partial charge in [0.1, 0.15) is 5.75 Å². The number of carbonyl (C=O) groups excluding carboxylic acids is 1. The van der Waals surface area contributed by atoms with Gasteiger partial charge >= 0.3 is 0 Å². The zero-order chi connectivity index (χ0) is 11.4. The topological polar surface area (TPSA) is 26.3 Å². The molecule has 0 amide bonds. The summed E-state index contributed by atoms with van der Waals surface area (Å²) in [7, 11) is 1.64. The molecule has 0 N–H and O–H groups in total. The minimum Gasteiger partial charge on any atom is -0.496 e. The van der Waals surface area contributed by atoms with Gasteiger partial charge in [0.25, 0.3) is 0 Å². The fourth-order valence-corrected chi connectivity index (χ4v) is 1.56. The fraction of sp³-hybridized carbons (Fsp3) is 0.462. The lowest BCUT2D eigenvalue weighted by Gasteiger charge is -2.14. The molecule has 0 heterocycles. The number of ether oxygens (including phenoxy) is 1. The second-order valence-electron chi connectivity index (χ2n) is 3.82. The molecule has 2 heteroatoms. The van der Waals surface area contributed by atoms with Gasteiger partial charge in [-0.2, -0.15) is 0 Å². The number of Topliss-reactive ketones (excluding diaryl/α,β-unsaturated/α-hetero) is 1. The lowest BCUT2D eigenvalue weighted by molar-refractivity contribution is 0.101. The predicted molar refractivity (Wildman–Crippen MR) is 61.7 cm³/mol. The Kier molecular flexibility index (Phi) is 3.89. The van der Waals surface area contributed by atoms with Crippen LogP contribution in [0, 0.1) is 0 Å².